The second-order valence-corrected chi connectivity index (χ2v) is 8.61. The number of aromatic nitrogens is 2. The number of aryl methyl sites for hydroxylation is 1. The number of benzene rings is 1. The van der Waals surface area contributed by atoms with Gasteiger partial charge in [0.2, 0.25) is 5.95 Å². The minimum Gasteiger partial charge on any atom is -0.362 e. The first-order chi connectivity index (χ1) is 13.8. The first-order valence-corrected chi connectivity index (χ1v) is 10.6. The predicted octanol–water partition coefficient (Wildman–Crippen LogP) is 4.56. The van der Waals surface area contributed by atoms with E-state index in [1.807, 2.05) is 32.1 Å². The molecule has 3 rings (SSSR count). The molecule has 6 nitrogen and oxygen atoms in total. The van der Waals surface area contributed by atoms with Crippen LogP contribution in [-0.4, -0.2) is 42.6 Å². The van der Waals surface area contributed by atoms with Crippen LogP contribution in [0, 0.1) is 12.8 Å². The lowest BCUT2D eigenvalue weighted by Crippen LogP contribution is -2.34. The lowest BCUT2D eigenvalue weighted by atomic mass is 9.86. The topological polar surface area (TPSA) is 70.1 Å². The van der Waals surface area contributed by atoms with Gasteiger partial charge in [-0.2, -0.15) is 4.98 Å². The number of halogens is 2. The minimum absolute atomic E-state index is 0.118. The number of anilines is 2. The maximum atomic E-state index is 12.3. The molecule has 1 aliphatic rings. The number of carbonyl (C=O) groups excluding carboxylic acids is 1. The standard InChI is InChI=1S/C21H27Cl2N5O/c1-13-11-25-21(27-19(13)28(2)3)26-16-7-4-14(5-8-16)12-24-20(29)15-6-9-17(22)18(23)10-15/h6,9-11,14,16H,4-5,7-8,12H2,1-3H3,(H,24,29)(H,25,26,27). The van der Waals surface area contributed by atoms with E-state index in [9.17, 15) is 4.79 Å². The molecule has 1 saturated carbocycles. The highest BCUT2D eigenvalue weighted by Gasteiger charge is 2.22. The van der Waals surface area contributed by atoms with E-state index < -0.39 is 0 Å². The number of hydrogen-bond donors (Lipinski definition) is 2. The maximum absolute atomic E-state index is 12.3. The number of hydrogen-bond acceptors (Lipinski definition) is 5. The van der Waals surface area contributed by atoms with Crippen molar-refractivity contribution in [3.63, 3.8) is 0 Å². The molecule has 1 aliphatic carbocycles. The SMILES string of the molecule is Cc1cnc(NC2CCC(CNC(=O)c3ccc(Cl)c(Cl)c3)CC2)nc1N(C)C. The van der Waals surface area contributed by atoms with Gasteiger partial charge >= 0.3 is 0 Å². The quantitative estimate of drug-likeness (QED) is 0.695. The molecule has 1 fully saturated rings. The Kier molecular flexibility index (Phi) is 7.19. The van der Waals surface area contributed by atoms with Crippen LogP contribution in [0.3, 0.4) is 0 Å². The molecule has 8 heteroatoms. The van der Waals surface area contributed by atoms with E-state index in [2.05, 4.69) is 20.6 Å². The molecule has 156 valence electrons. The molecule has 29 heavy (non-hydrogen) atoms. The number of nitrogens with one attached hydrogen (secondary N) is 2. The summed E-state index contributed by atoms with van der Waals surface area (Å²) in [6.07, 6.45) is 6.01. The van der Waals surface area contributed by atoms with Gasteiger partial charge in [0.15, 0.2) is 0 Å². The summed E-state index contributed by atoms with van der Waals surface area (Å²) in [6.45, 7) is 2.67. The summed E-state index contributed by atoms with van der Waals surface area (Å²) in [6, 6.07) is 5.29. The van der Waals surface area contributed by atoms with Crippen molar-refractivity contribution >= 4 is 40.9 Å². The Morgan fingerprint density at radius 3 is 2.55 bits per heavy atom. The average Bonchev–Trinajstić information content (AvgIpc) is 2.70. The van der Waals surface area contributed by atoms with Gasteiger partial charge in [0, 0.05) is 44.0 Å². The Bertz CT molecular complexity index is 866. The molecule has 1 amide bonds. The molecule has 1 aromatic carbocycles. The molecule has 0 spiro atoms. The molecule has 0 bridgehead atoms. The van der Waals surface area contributed by atoms with Crippen LogP contribution in [0.1, 0.15) is 41.6 Å². The Morgan fingerprint density at radius 1 is 1.17 bits per heavy atom. The van der Waals surface area contributed by atoms with Crippen molar-refractivity contribution in [2.45, 2.75) is 38.6 Å². The molecule has 0 radical (unpaired) electrons. The van der Waals surface area contributed by atoms with Crippen LogP contribution in [0.5, 0.6) is 0 Å². The molecule has 1 heterocycles. The van der Waals surface area contributed by atoms with Crippen molar-refractivity contribution < 1.29 is 4.79 Å². The lowest BCUT2D eigenvalue weighted by molar-refractivity contribution is 0.0943. The molecule has 1 aromatic heterocycles. The van der Waals surface area contributed by atoms with Crippen molar-refractivity contribution in [2.75, 3.05) is 30.9 Å². The fraction of sp³-hybridized carbons (Fsp3) is 0.476. The van der Waals surface area contributed by atoms with Crippen LogP contribution in [-0.2, 0) is 0 Å². The zero-order chi connectivity index (χ0) is 21.0. The first kappa shape index (κ1) is 21.7. The van der Waals surface area contributed by atoms with E-state index >= 15 is 0 Å². The molecule has 2 aromatic rings. The second-order valence-electron chi connectivity index (χ2n) is 7.80. The number of amides is 1. The summed E-state index contributed by atoms with van der Waals surface area (Å²) in [4.78, 5) is 23.4. The van der Waals surface area contributed by atoms with Gasteiger partial charge in [-0.3, -0.25) is 4.79 Å². The van der Waals surface area contributed by atoms with E-state index in [0.29, 0.717) is 40.1 Å². The van der Waals surface area contributed by atoms with Gasteiger partial charge in [0.05, 0.1) is 10.0 Å². The van der Waals surface area contributed by atoms with Crippen LogP contribution < -0.4 is 15.5 Å². The summed E-state index contributed by atoms with van der Waals surface area (Å²) in [5, 5.41) is 7.32. The van der Waals surface area contributed by atoms with Crippen molar-refractivity contribution in [1.82, 2.24) is 15.3 Å². The zero-order valence-electron chi connectivity index (χ0n) is 17.0. The highest BCUT2D eigenvalue weighted by atomic mass is 35.5. The molecule has 2 N–H and O–H groups in total. The van der Waals surface area contributed by atoms with Crippen LogP contribution in [0.4, 0.5) is 11.8 Å². The highest BCUT2D eigenvalue weighted by molar-refractivity contribution is 6.42. The van der Waals surface area contributed by atoms with Gasteiger partial charge in [-0.15, -0.1) is 0 Å². The summed E-state index contributed by atoms with van der Waals surface area (Å²) in [5.74, 6) is 1.96. The van der Waals surface area contributed by atoms with E-state index in [4.69, 9.17) is 23.2 Å². The molecular formula is C21H27Cl2N5O. The third-order valence-electron chi connectivity index (χ3n) is 5.28. The van der Waals surface area contributed by atoms with E-state index in [1.165, 1.54) is 0 Å². The smallest absolute Gasteiger partial charge is 0.251 e. The summed E-state index contributed by atoms with van der Waals surface area (Å²) >= 11 is 11.9. The Labute approximate surface area is 182 Å². The Balaban J connectivity index is 1.46. The second kappa shape index (κ2) is 9.63. The highest BCUT2D eigenvalue weighted by Crippen LogP contribution is 2.27. The number of rotatable bonds is 6. The fourth-order valence-electron chi connectivity index (χ4n) is 3.63. The normalized spacial score (nSPS) is 18.9. The molecule has 0 saturated heterocycles. The van der Waals surface area contributed by atoms with Crippen LogP contribution in [0.2, 0.25) is 10.0 Å². The monoisotopic (exact) mass is 435 g/mol. The van der Waals surface area contributed by atoms with Gasteiger partial charge in [-0.05, 0) is 56.7 Å². The minimum atomic E-state index is -0.118. The van der Waals surface area contributed by atoms with Crippen LogP contribution in [0.15, 0.2) is 24.4 Å². The average molecular weight is 436 g/mol. The largest absolute Gasteiger partial charge is 0.362 e. The van der Waals surface area contributed by atoms with Gasteiger partial charge < -0.3 is 15.5 Å². The third kappa shape index (κ3) is 5.73. The molecule has 0 atom stereocenters. The number of nitrogens with zero attached hydrogens (tertiary/aromatic N) is 3. The lowest BCUT2D eigenvalue weighted by Gasteiger charge is -2.29. The van der Waals surface area contributed by atoms with Crippen LogP contribution in [0.25, 0.3) is 0 Å². The van der Waals surface area contributed by atoms with E-state index in [-0.39, 0.29) is 5.91 Å². The van der Waals surface area contributed by atoms with Crippen molar-refractivity contribution in [3.05, 3.63) is 45.6 Å². The summed E-state index contributed by atoms with van der Waals surface area (Å²) in [7, 11) is 3.97. The summed E-state index contributed by atoms with van der Waals surface area (Å²) < 4.78 is 0. The predicted molar refractivity (Wildman–Crippen MR) is 119 cm³/mol. The fourth-order valence-corrected chi connectivity index (χ4v) is 3.92. The van der Waals surface area contributed by atoms with Gasteiger partial charge in [0.25, 0.3) is 5.91 Å². The van der Waals surface area contributed by atoms with Crippen molar-refractivity contribution in [2.24, 2.45) is 5.92 Å². The Hall–Kier alpha value is -2.05. The van der Waals surface area contributed by atoms with Crippen molar-refractivity contribution in [3.8, 4) is 0 Å². The Morgan fingerprint density at radius 2 is 1.90 bits per heavy atom. The van der Waals surface area contributed by atoms with Gasteiger partial charge in [0.1, 0.15) is 5.82 Å². The molecule has 0 unspecified atom stereocenters. The van der Waals surface area contributed by atoms with Crippen molar-refractivity contribution in [1.29, 1.82) is 0 Å². The van der Waals surface area contributed by atoms with E-state index in [0.717, 1.165) is 37.1 Å². The molecular weight excluding hydrogens is 409 g/mol. The first-order valence-electron chi connectivity index (χ1n) is 9.84. The van der Waals surface area contributed by atoms with Gasteiger partial charge in [-0.25, -0.2) is 4.98 Å². The molecule has 0 aliphatic heterocycles. The summed E-state index contributed by atoms with van der Waals surface area (Å²) in [5.41, 5.74) is 1.59. The number of carbonyl (C=O) groups is 1. The van der Waals surface area contributed by atoms with Gasteiger partial charge in [-0.1, -0.05) is 23.2 Å². The maximum Gasteiger partial charge on any atom is 0.251 e. The third-order valence-corrected chi connectivity index (χ3v) is 6.02. The van der Waals surface area contributed by atoms with E-state index in [1.54, 1.807) is 18.2 Å². The van der Waals surface area contributed by atoms with Crippen LogP contribution >= 0.6 is 23.2 Å². The zero-order valence-corrected chi connectivity index (χ0v) is 18.5.